The first kappa shape index (κ1) is 22.0. The fourth-order valence-electron chi connectivity index (χ4n) is 3.76. The molecule has 0 heterocycles. The van der Waals surface area contributed by atoms with E-state index in [1.165, 1.54) is 11.1 Å². The fourth-order valence-corrected chi connectivity index (χ4v) is 3.76. The predicted octanol–water partition coefficient (Wildman–Crippen LogP) is 8.08. The van der Waals surface area contributed by atoms with E-state index in [0.717, 1.165) is 58.7 Å². The maximum Gasteiger partial charge on any atom is 0.135 e. The van der Waals surface area contributed by atoms with E-state index in [2.05, 4.69) is 88.4 Å². The summed E-state index contributed by atoms with van der Waals surface area (Å²) in [6.07, 6.45) is 12.7. The minimum absolute atomic E-state index is 0.708. The van der Waals surface area contributed by atoms with Gasteiger partial charge in [-0.2, -0.15) is 0 Å². The minimum Gasteiger partial charge on any atom is -0.492 e. The van der Waals surface area contributed by atoms with Crippen molar-refractivity contribution in [1.29, 1.82) is 0 Å². The molecule has 2 nitrogen and oxygen atoms in total. The molecule has 3 aromatic carbocycles. The average Bonchev–Trinajstić information content (AvgIpc) is 2.75. The zero-order valence-electron chi connectivity index (χ0n) is 18.8. The van der Waals surface area contributed by atoms with Crippen molar-refractivity contribution in [2.24, 2.45) is 0 Å². The van der Waals surface area contributed by atoms with Crippen molar-refractivity contribution in [2.75, 3.05) is 13.2 Å². The van der Waals surface area contributed by atoms with Crippen LogP contribution in [0.2, 0.25) is 0 Å². The zero-order chi connectivity index (χ0) is 21.3. The van der Waals surface area contributed by atoms with Gasteiger partial charge in [-0.3, -0.25) is 0 Å². The number of benzene rings is 3. The molecule has 0 aliphatic carbocycles. The van der Waals surface area contributed by atoms with E-state index >= 15 is 0 Å². The van der Waals surface area contributed by atoms with Crippen LogP contribution in [0.25, 0.3) is 21.5 Å². The van der Waals surface area contributed by atoms with Gasteiger partial charge in [-0.15, -0.1) is 0 Å². The number of hydrogen-bond acceptors (Lipinski definition) is 2. The van der Waals surface area contributed by atoms with Crippen LogP contribution in [-0.4, -0.2) is 13.2 Å². The summed E-state index contributed by atoms with van der Waals surface area (Å²) in [5, 5.41) is 4.54. The van der Waals surface area contributed by atoms with Crippen LogP contribution < -0.4 is 9.47 Å². The van der Waals surface area contributed by atoms with Gasteiger partial charge < -0.3 is 9.47 Å². The van der Waals surface area contributed by atoms with Crippen molar-refractivity contribution in [1.82, 2.24) is 0 Å². The molecule has 0 aromatic heterocycles. The molecule has 0 radical (unpaired) electrons. The Bertz CT molecular complexity index is 960. The Kier molecular flexibility index (Phi) is 7.96. The molecule has 0 atom stereocenters. The molecule has 158 valence electrons. The van der Waals surface area contributed by atoms with Crippen LogP contribution in [0, 0.1) is 13.8 Å². The second kappa shape index (κ2) is 10.9. The Morgan fingerprint density at radius 2 is 1.10 bits per heavy atom. The smallest absolute Gasteiger partial charge is 0.135 e. The molecule has 3 rings (SSSR count). The Morgan fingerprint density at radius 1 is 0.667 bits per heavy atom. The average molecular weight is 403 g/mol. The number of rotatable bonds is 10. The number of hydrogen-bond donors (Lipinski definition) is 0. The number of fused-ring (bicyclic) bond motifs is 2. The monoisotopic (exact) mass is 402 g/mol. The molecule has 0 saturated heterocycles. The summed E-state index contributed by atoms with van der Waals surface area (Å²) in [7, 11) is 0. The third kappa shape index (κ3) is 5.05. The van der Waals surface area contributed by atoms with Gasteiger partial charge in [-0.1, -0.05) is 48.6 Å². The molecule has 0 unspecified atom stereocenters. The summed E-state index contributed by atoms with van der Waals surface area (Å²) in [5.74, 6) is 1.95. The Hall–Kier alpha value is -2.74. The highest BCUT2D eigenvalue weighted by atomic mass is 16.5. The van der Waals surface area contributed by atoms with Crippen LogP contribution in [0.5, 0.6) is 11.5 Å². The van der Waals surface area contributed by atoms with Crippen LogP contribution >= 0.6 is 0 Å². The third-order valence-corrected chi connectivity index (χ3v) is 5.53. The lowest BCUT2D eigenvalue weighted by Crippen LogP contribution is -2.02. The summed E-state index contributed by atoms with van der Waals surface area (Å²) < 4.78 is 12.8. The lowest BCUT2D eigenvalue weighted by atomic mass is 9.96. The van der Waals surface area contributed by atoms with Gasteiger partial charge in [-0.25, -0.2) is 0 Å². The van der Waals surface area contributed by atoms with Gasteiger partial charge >= 0.3 is 0 Å². The normalized spacial score (nSPS) is 11.9. The van der Waals surface area contributed by atoms with Crippen molar-refractivity contribution >= 4 is 21.5 Å². The van der Waals surface area contributed by atoms with Gasteiger partial charge in [0.1, 0.15) is 11.5 Å². The van der Waals surface area contributed by atoms with E-state index in [1.54, 1.807) is 0 Å². The summed E-state index contributed by atoms with van der Waals surface area (Å²) in [5.41, 5.74) is 2.55. The van der Waals surface area contributed by atoms with E-state index in [-0.39, 0.29) is 0 Å². The van der Waals surface area contributed by atoms with E-state index in [1.807, 2.05) is 0 Å². The first-order chi connectivity index (χ1) is 14.7. The molecule has 0 bridgehead atoms. The van der Waals surface area contributed by atoms with Crippen LogP contribution in [0.4, 0.5) is 0 Å². The number of aryl methyl sites for hydroxylation is 2. The largest absolute Gasteiger partial charge is 0.492 e. The fraction of sp³-hybridized carbons (Fsp3) is 0.357. The van der Waals surface area contributed by atoms with Crippen LogP contribution in [0.15, 0.2) is 60.7 Å². The van der Waals surface area contributed by atoms with Gasteiger partial charge in [0.2, 0.25) is 0 Å². The lowest BCUT2D eigenvalue weighted by molar-refractivity contribution is 0.314. The second-order valence-electron chi connectivity index (χ2n) is 7.81. The van der Waals surface area contributed by atoms with Gasteiger partial charge in [0.25, 0.3) is 0 Å². The standard InChI is InChI=1S/C28H34O2/c1-5-7-9-13-17-29-27-23-15-11-12-16-24(23)28(30-18-14-10-8-6-2)26-20-22(4)21(3)19-25(26)27/h5-8,11-12,15-16,19-20H,9-10,13-14,17-18H2,1-4H3/b7-5+,8-6+. The second-order valence-corrected chi connectivity index (χ2v) is 7.81. The van der Waals surface area contributed by atoms with Gasteiger partial charge in [0.05, 0.1) is 13.2 Å². The highest BCUT2D eigenvalue weighted by Crippen LogP contribution is 2.43. The molecule has 2 heteroatoms. The zero-order valence-corrected chi connectivity index (χ0v) is 18.8. The van der Waals surface area contributed by atoms with Crippen molar-refractivity contribution in [3.8, 4) is 11.5 Å². The Morgan fingerprint density at radius 3 is 1.50 bits per heavy atom. The quantitative estimate of drug-likeness (QED) is 0.194. The van der Waals surface area contributed by atoms with Crippen molar-refractivity contribution in [2.45, 2.75) is 53.4 Å². The van der Waals surface area contributed by atoms with Crippen molar-refractivity contribution < 1.29 is 9.47 Å². The maximum absolute atomic E-state index is 6.39. The molecule has 0 spiro atoms. The highest BCUT2D eigenvalue weighted by molar-refractivity contribution is 6.11. The third-order valence-electron chi connectivity index (χ3n) is 5.53. The molecular weight excluding hydrogens is 368 g/mol. The van der Waals surface area contributed by atoms with Crippen LogP contribution in [0.1, 0.15) is 50.7 Å². The summed E-state index contributed by atoms with van der Waals surface area (Å²) in [6, 6.07) is 13.0. The lowest BCUT2D eigenvalue weighted by Gasteiger charge is -2.19. The van der Waals surface area contributed by atoms with E-state index in [0.29, 0.717) is 13.2 Å². The molecule has 0 aliphatic rings. The molecule has 30 heavy (non-hydrogen) atoms. The molecule has 0 aliphatic heterocycles. The summed E-state index contributed by atoms with van der Waals surface area (Å²) in [6.45, 7) is 9.86. The molecule has 0 fully saturated rings. The summed E-state index contributed by atoms with van der Waals surface area (Å²) >= 11 is 0. The van der Waals surface area contributed by atoms with Gasteiger partial charge in [0, 0.05) is 21.5 Å². The Balaban J connectivity index is 2.06. The molecular formula is C28H34O2. The highest BCUT2D eigenvalue weighted by Gasteiger charge is 2.17. The van der Waals surface area contributed by atoms with Crippen LogP contribution in [-0.2, 0) is 0 Å². The first-order valence-corrected chi connectivity index (χ1v) is 11.1. The van der Waals surface area contributed by atoms with Gasteiger partial charge in [0.15, 0.2) is 0 Å². The number of ether oxygens (including phenoxy) is 2. The molecule has 3 aromatic rings. The van der Waals surface area contributed by atoms with Crippen LogP contribution in [0.3, 0.4) is 0 Å². The molecule has 0 N–H and O–H groups in total. The maximum atomic E-state index is 6.39. The predicted molar refractivity (Wildman–Crippen MR) is 130 cm³/mol. The van der Waals surface area contributed by atoms with Gasteiger partial charge in [-0.05, 0) is 76.6 Å². The number of allylic oxidation sites excluding steroid dienone is 4. The van der Waals surface area contributed by atoms with Crippen molar-refractivity contribution in [3.63, 3.8) is 0 Å². The summed E-state index contributed by atoms with van der Waals surface area (Å²) in [4.78, 5) is 0. The molecule has 0 saturated carbocycles. The number of unbranched alkanes of at least 4 members (excludes halogenated alkanes) is 2. The first-order valence-electron chi connectivity index (χ1n) is 11.1. The van der Waals surface area contributed by atoms with E-state index in [4.69, 9.17) is 9.47 Å². The Labute approximate surface area is 181 Å². The van der Waals surface area contributed by atoms with Crippen molar-refractivity contribution in [3.05, 3.63) is 71.8 Å². The topological polar surface area (TPSA) is 18.5 Å². The minimum atomic E-state index is 0.708. The molecule has 0 amide bonds. The van der Waals surface area contributed by atoms with E-state index in [9.17, 15) is 0 Å². The SMILES string of the molecule is C/C=C/CCCOc1c2ccccc2c(OCCC/C=C/C)c2cc(C)c(C)cc12. The van der Waals surface area contributed by atoms with E-state index < -0.39 is 0 Å².